The van der Waals surface area contributed by atoms with Crippen molar-refractivity contribution in [1.29, 1.82) is 0 Å². The molecule has 0 spiro atoms. The van der Waals surface area contributed by atoms with Crippen molar-refractivity contribution < 1.29 is 9.18 Å². The van der Waals surface area contributed by atoms with Crippen LogP contribution in [-0.2, 0) is 0 Å². The molecular formula is C17H12FNOS. The Kier molecular flexibility index (Phi) is 3.54. The zero-order valence-electron chi connectivity index (χ0n) is 11.0. The molecule has 0 aliphatic heterocycles. The van der Waals surface area contributed by atoms with Crippen molar-refractivity contribution in [3.8, 4) is 10.4 Å². The summed E-state index contributed by atoms with van der Waals surface area (Å²) < 4.78 is 12.9. The molecule has 3 aromatic rings. The van der Waals surface area contributed by atoms with E-state index in [1.165, 1.54) is 35.6 Å². The highest BCUT2D eigenvalue weighted by Gasteiger charge is 2.16. The fraction of sp³-hybridized carbons (Fsp3) is 0. The zero-order valence-corrected chi connectivity index (χ0v) is 11.9. The summed E-state index contributed by atoms with van der Waals surface area (Å²) in [6, 6.07) is 17.0. The summed E-state index contributed by atoms with van der Waals surface area (Å²) in [4.78, 5) is 13.4. The lowest BCUT2D eigenvalue weighted by Gasteiger charge is -1.99. The van der Waals surface area contributed by atoms with Crippen molar-refractivity contribution >= 4 is 22.1 Å². The molecule has 0 saturated heterocycles. The van der Waals surface area contributed by atoms with Gasteiger partial charge in [0.15, 0.2) is 5.78 Å². The van der Waals surface area contributed by atoms with E-state index >= 15 is 0 Å². The van der Waals surface area contributed by atoms with Gasteiger partial charge in [0.2, 0.25) is 0 Å². The number of rotatable bonds is 3. The number of nitrogens with two attached hydrogens (primary N) is 1. The van der Waals surface area contributed by atoms with Gasteiger partial charge >= 0.3 is 0 Å². The molecule has 0 atom stereocenters. The molecule has 0 fully saturated rings. The normalized spacial score (nSPS) is 10.5. The largest absolute Gasteiger partial charge is 0.390 e. The minimum absolute atomic E-state index is 0.189. The molecule has 1 heterocycles. The van der Waals surface area contributed by atoms with Crippen LogP contribution in [0.25, 0.3) is 10.4 Å². The van der Waals surface area contributed by atoms with Gasteiger partial charge in [-0.25, -0.2) is 4.39 Å². The highest BCUT2D eigenvalue weighted by Crippen LogP contribution is 2.34. The van der Waals surface area contributed by atoms with Crippen molar-refractivity contribution in [2.45, 2.75) is 0 Å². The standard InChI is InChI=1S/C17H12FNOS/c18-13-8-6-12(7-9-13)16(20)14-10-15(21-17(14)19)11-4-2-1-3-5-11/h1-10H,19H2. The van der Waals surface area contributed by atoms with Crippen LogP contribution in [0.5, 0.6) is 0 Å². The monoisotopic (exact) mass is 297 g/mol. The van der Waals surface area contributed by atoms with Gasteiger partial charge in [-0.1, -0.05) is 30.3 Å². The number of anilines is 1. The second-order valence-corrected chi connectivity index (χ2v) is 5.67. The molecule has 104 valence electrons. The van der Waals surface area contributed by atoms with Gasteiger partial charge in [-0.3, -0.25) is 4.79 Å². The van der Waals surface area contributed by atoms with E-state index in [1.807, 2.05) is 30.3 Å². The number of halogens is 1. The molecule has 0 bridgehead atoms. The molecule has 21 heavy (non-hydrogen) atoms. The summed E-state index contributed by atoms with van der Waals surface area (Å²) in [5.74, 6) is -0.555. The highest BCUT2D eigenvalue weighted by molar-refractivity contribution is 7.19. The Morgan fingerprint density at radius 3 is 2.33 bits per heavy atom. The number of benzene rings is 2. The number of thiophene rings is 1. The van der Waals surface area contributed by atoms with Gasteiger partial charge in [0.25, 0.3) is 0 Å². The smallest absolute Gasteiger partial charge is 0.195 e. The predicted octanol–water partition coefficient (Wildman–Crippen LogP) is 4.37. The average molecular weight is 297 g/mol. The van der Waals surface area contributed by atoms with Crippen LogP contribution in [0.2, 0.25) is 0 Å². The van der Waals surface area contributed by atoms with Crippen molar-refractivity contribution in [2.75, 3.05) is 5.73 Å². The van der Waals surface area contributed by atoms with E-state index in [1.54, 1.807) is 6.07 Å². The topological polar surface area (TPSA) is 43.1 Å². The molecule has 0 radical (unpaired) electrons. The molecule has 0 aliphatic carbocycles. The summed E-state index contributed by atoms with van der Waals surface area (Å²) in [6.07, 6.45) is 0. The molecule has 2 nitrogen and oxygen atoms in total. The van der Waals surface area contributed by atoms with Gasteiger partial charge in [-0.05, 0) is 35.9 Å². The maximum Gasteiger partial charge on any atom is 0.195 e. The molecule has 0 aliphatic rings. The van der Waals surface area contributed by atoms with Gasteiger partial charge in [0.1, 0.15) is 5.82 Å². The summed E-state index contributed by atoms with van der Waals surface area (Å²) >= 11 is 1.38. The third-order valence-corrected chi connectivity index (χ3v) is 4.18. The third-order valence-electron chi connectivity index (χ3n) is 3.17. The van der Waals surface area contributed by atoms with Crippen LogP contribution in [0, 0.1) is 5.82 Å². The van der Waals surface area contributed by atoms with Gasteiger partial charge in [0, 0.05) is 10.4 Å². The molecule has 4 heteroatoms. The zero-order chi connectivity index (χ0) is 14.8. The maximum atomic E-state index is 12.9. The van der Waals surface area contributed by atoms with Gasteiger partial charge in [-0.2, -0.15) is 0 Å². The van der Waals surface area contributed by atoms with Gasteiger partial charge in [-0.15, -0.1) is 11.3 Å². The Balaban J connectivity index is 1.98. The molecule has 3 rings (SSSR count). The minimum atomic E-state index is -0.366. The third kappa shape index (κ3) is 2.71. The lowest BCUT2D eigenvalue weighted by atomic mass is 10.0. The van der Waals surface area contributed by atoms with E-state index in [9.17, 15) is 9.18 Å². The first-order valence-corrected chi connectivity index (χ1v) is 7.22. The van der Waals surface area contributed by atoms with Crippen LogP contribution in [0.1, 0.15) is 15.9 Å². The van der Waals surface area contributed by atoms with E-state index in [-0.39, 0.29) is 11.6 Å². The van der Waals surface area contributed by atoms with Crippen LogP contribution in [0.15, 0.2) is 60.7 Å². The fourth-order valence-corrected chi connectivity index (χ4v) is 3.01. The molecule has 1 aromatic heterocycles. The molecule has 0 unspecified atom stereocenters. The fourth-order valence-electron chi connectivity index (χ4n) is 2.08. The Morgan fingerprint density at radius 1 is 1.00 bits per heavy atom. The Bertz CT molecular complexity index is 778. The lowest BCUT2D eigenvalue weighted by molar-refractivity contribution is 0.104. The number of ketones is 1. The Morgan fingerprint density at radius 2 is 1.67 bits per heavy atom. The van der Waals surface area contributed by atoms with Crippen LogP contribution in [-0.4, -0.2) is 5.78 Å². The van der Waals surface area contributed by atoms with Crippen LogP contribution in [0.4, 0.5) is 9.39 Å². The molecule has 2 aromatic carbocycles. The summed E-state index contributed by atoms with van der Waals surface area (Å²) in [5, 5.41) is 0.475. The maximum absolute atomic E-state index is 12.9. The van der Waals surface area contributed by atoms with E-state index in [0.29, 0.717) is 16.1 Å². The highest BCUT2D eigenvalue weighted by atomic mass is 32.1. The number of nitrogen functional groups attached to an aromatic ring is 1. The van der Waals surface area contributed by atoms with Crippen LogP contribution >= 0.6 is 11.3 Å². The van der Waals surface area contributed by atoms with Crippen molar-refractivity contribution in [3.63, 3.8) is 0 Å². The first-order chi connectivity index (χ1) is 10.1. The summed E-state index contributed by atoms with van der Waals surface area (Å²) in [5.41, 5.74) is 7.89. The Labute approximate surface area is 125 Å². The SMILES string of the molecule is Nc1sc(-c2ccccc2)cc1C(=O)c1ccc(F)cc1. The van der Waals surface area contributed by atoms with Gasteiger partial charge in [0.05, 0.1) is 10.6 Å². The van der Waals surface area contributed by atoms with E-state index in [2.05, 4.69) is 0 Å². The summed E-state index contributed by atoms with van der Waals surface area (Å²) in [7, 11) is 0. The van der Waals surface area contributed by atoms with Crippen molar-refractivity contribution in [1.82, 2.24) is 0 Å². The number of carbonyl (C=O) groups is 1. The molecule has 2 N–H and O–H groups in total. The molecule has 0 saturated carbocycles. The molecular weight excluding hydrogens is 285 g/mol. The minimum Gasteiger partial charge on any atom is -0.390 e. The van der Waals surface area contributed by atoms with E-state index in [4.69, 9.17) is 5.73 Å². The Hall–Kier alpha value is -2.46. The number of carbonyl (C=O) groups excluding carboxylic acids is 1. The second-order valence-electron chi connectivity index (χ2n) is 4.59. The van der Waals surface area contributed by atoms with Crippen molar-refractivity contribution in [3.05, 3.63) is 77.6 Å². The average Bonchev–Trinajstić information content (AvgIpc) is 2.90. The van der Waals surface area contributed by atoms with Crippen molar-refractivity contribution in [2.24, 2.45) is 0 Å². The predicted molar refractivity (Wildman–Crippen MR) is 84.0 cm³/mol. The molecule has 0 amide bonds. The first-order valence-electron chi connectivity index (χ1n) is 6.40. The first kappa shape index (κ1) is 13.5. The van der Waals surface area contributed by atoms with Gasteiger partial charge < -0.3 is 5.73 Å². The number of hydrogen-bond donors (Lipinski definition) is 1. The van der Waals surface area contributed by atoms with E-state index < -0.39 is 0 Å². The number of hydrogen-bond acceptors (Lipinski definition) is 3. The van der Waals surface area contributed by atoms with Crippen LogP contribution in [0.3, 0.4) is 0 Å². The van der Waals surface area contributed by atoms with Crippen LogP contribution < -0.4 is 5.73 Å². The second kappa shape index (κ2) is 5.50. The quantitative estimate of drug-likeness (QED) is 0.730. The van der Waals surface area contributed by atoms with E-state index in [0.717, 1.165) is 10.4 Å². The lowest BCUT2D eigenvalue weighted by Crippen LogP contribution is -2.02. The summed E-state index contributed by atoms with van der Waals surface area (Å²) in [6.45, 7) is 0.